The number of benzene rings is 6. The summed E-state index contributed by atoms with van der Waals surface area (Å²) in [5, 5.41) is 51.8. The lowest BCUT2D eigenvalue weighted by Crippen LogP contribution is -2.56. The van der Waals surface area contributed by atoms with Crippen LogP contribution in [0.2, 0.25) is 0 Å². The van der Waals surface area contributed by atoms with Gasteiger partial charge in [0, 0.05) is 52.8 Å². The number of aromatic nitrogens is 2. The van der Waals surface area contributed by atoms with E-state index < -0.39 is 139 Å². The van der Waals surface area contributed by atoms with Crippen LogP contribution in [0.15, 0.2) is 146 Å². The minimum Gasteiger partial charge on any atom is -0.481 e. The summed E-state index contributed by atoms with van der Waals surface area (Å²) in [6.45, 7) is 13.8. The summed E-state index contributed by atoms with van der Waals surface area (Å²) in [4.78, 5) is 203. The fourth-order valence-electron chi connectivity index (χ4n) is 14.7. The van der Waals surface area contributed by atoms with Crippen molar-refractivity contribution in [3.8, 4) is 33.5 Å². The predicted molar refractivity (Wildman–Crippen MR) is 429 cm³/mol. The molecule has 0 radical (unpaired) electrons. The quantitative estimate of drug-likeness (QED) is 0.0194. The Hall–Kier alpha value is -13.0. The van der Waals surface area contributed by atoms with E-state index in [0.717, 1.165) is 35.1 Å². The number of carbonyl (C=O) groups is 16. The average molecular weight is 1600 g/mol. The van der Waals surface area contributed by atoms with Gasteiger partial charge in [0.25, 0.3) is 17.7 Å². The minimum atomic E-state index is -1.23. The van der Waals surface area contributed by atoms with Crippen molar-refractivity contribution in [2.75, 3.05) is 19.6 Å². The number of carbonyl (C=O) groups excluding carboxylic acids is 13. The number of likely N-dealkylation sites (tertiary alicyclic amines) is 3. The predicted octanol–water partition coefficient (Wildman–Crippen LogP) is 7.21. The normalized spacial score (nSPS) is 16.7. The molecular formula is C87H97N11O19. The molecule has 3 aliphatic heterocycles. The zero-order chi connectivity index (χ0) is 84.9. The second kappa shape index (κ2) is 40.8. The number of hydrogen-bond donors (Lipinski definition) is 9. The van der Waals surface area contributed by atoms with Crippen LogP contribution in [0.1, 0.15) is 165 Å². The zero-order valence-corrected chi connectivity index (χ0v) is 66.0. The van der Waals surface area contributed by atoms with Crippen LogP contribution in [0, 0.1) is 17.8 Å². The van der Waals surface area contributed by atoms with Gasteiger partial charge in [-0.05, 0) is 121 Å². The first kappa shape index (κ1) is 87.9. The van der Waals surface area contributed by atoms with E-state index in [1.54, 1.807) is 88.4 Å². The number of carboxylic acid groups (broad SMARTS) is 3. The average Bonchev–Trinajstić information content (AvgIpc) is 1.74. The number of nitrogens with one attached hydrogen (secondary N) is 6. The van der Waals surface area contributed by atoms with Crippen LogP contribution < -0.4 is 31.9 Å². The monoisotopic (exact) mass is 1600 g/mol. The van der Waals surface area contributed by atoms with Gasteiger partial charge in [-0.25, -0.2) is 0 Å². The first-order valence-corrected chi connectivity index (χ1v) is 39.0. The Labute approximate surface area is 675 Å². The Kier molecular flexibility index (Phi) is 30.7. The second-order valence-corrected chi connectivity index (χ2v) is 30.2. The van der Waals surface area contributed by atoms with Crippen molar-refractivity contribution in [1.82, 2.24) is 56.8 Å². The van der Waals surface area contributed by atoms with Crippen molar-refractivity contribution in [3.05, 3.63) is 179 Å². The number of amides is 9. The summed E-state index contributed by atoms with van der Waals surface area (Å²) < 4.78 is 0. The molecule has 30 nitrogen and oxygen atoms in total. The smallest absolute Gasteiger partial charge is 0.305 e. The van der Waals surface area contributed by atoms with Crippen molar-refractivity contribution in [2.45, 2.75) is 173 Å². The van der Waals surface area contributed by atoms with Crippen molar-refractivity contribution in [2.24, 2.45) is 17.8 Å². The van der Waals surface area contributed by atoms with Crippen LogP contribution in [0.25, 0.3) is 44.4 Å². The van der Waals surface area contributed by atoms with Crippen LogP contribution in [-0.2, 0) is 64.0 Å². The number of aldehydes is 3. The fourth-order valence-corrected chi connectivity index (χ4v) is 14.7. The van der Waals surface area contributed by atoms with E-state index in [0.29, 0.717) is 103 Å². The van der Waals surface area contributed by atoms with E-state index in [1.807, 2.05) is 68.4 Å². The molecule has 7 aromatic rings. The standard InChI is InChI=1S/C30H37N3O6.C29H31N5O6.C28H29N3O7/c1-4-6-20-8-10-21(11-9-20)22-12-14-23(15-13-22)28(37)32-27(19(2)3)30(39)33-16-5-7-25(33)29(38)31-24(18-34)17-26(35)36;1-17(2)25(29(40)34-14-8-13-22(34)27(38)30-19(16-35)15-23(36)37)31-28(39)24-20-11-6-7-12-21(20)32-33-26(24)18-9-4-3-5-10-18;1-15(2)24(28(38)31-11-5-8-22(31)27(37)29-17(14-32)13-23(33)34)30-26(36)16-9-10-19-18-6-3-4-7-20(18)25(35)21(19)12-16/h8-15,18-19,24-25,27H,4-7,16-17H2,1-3H3,(H,31,38)(H,32,37)(H,35,36);3-7,9-12,16-17,19,22,25H,8,13-15H2,1-2H3,(H,30,38)(H,31,39)(H,36,37);3-4,6-7,9-10,12,14-15,17,22,24H,5,8,11,13H2,1-2H3,(H,29,37)(H,30,36)(H,33,34)/t24-,25-,27-;19-,22-,25-;17-,22-,24-/m000/s1. The summed E-state index contributed by atoms with van der Waals surface area (Å²) in [6, 6.07) is 35.0. The number of rotatable bonds is 31. The molecule has 9 N–H and O–H groups in total. The molecule has 3 saturated heterocycles. The largest absolute Gasteiger partial charge is 0.481 e. The van der Waals surface area contributed by atoms with E-state index >= 15 is 0 Å². The van der Waals surface area contributed by atoms with E-state index in [9.17, 15) is 76.7 Å². The SMILES string of the molecule is CC(C)[C@H](NC(=O)c1c(-c2ccccc2)nnc2ccccc12)C(=O)N1CCC[C@H]1C(=O)N[C@H](C=O)CC(=O)O.CC(C)[C@H](NC(=O)c1ccc2c(c1)C(=O)c1ccccc1-2)C(=O)N1CCC[C@H]1C(=O)N[C@H](C=O)CC(=O)O.CCCc1ccc(-c2ccc(C(=O)N[C@H](C(=O)N3CCC[C@H]3C(=O)N[C@H](C=O)CC(=O)O)C(C)C)cc2)cc1. The molecule has 117 heavy (non-hydrogen) atoms. The molecule has 11 rings (SSSR count). The molecule has 6 aromatic carbocycles. The van der Waals surface area contributed by atoms with Crippen molar-refractivity contribution >= 4 is 107 Å². The minimum absolute atomic E-state index is 0.163. The van der Waals surface area contributed by atoms with Crippen LogP contribution in [0.4, 0.5) is 0 Å². The van der Waals surface area contributed by atoms with Gasteiger partial charge in [-0.2, -0.15) is 0 Å². The van der Waals surface area contributed by atoms with Crippen molar-refractivity contribution in [1.29, 1.82) is 0 Å². The summed E-state index contributed by atoms with van der Waals surface area (Å²) in [5.74, 6) is -9.21. The number of aryl methyl sites for hydroxylation is 1. The fraction of sp³-hybridized carbons (Fsp3) is 0.379. The Bertz CT molecular complexity index is 4880. The van der Waals surface area contributed by atoms with Gasteiger partial charge >= 0.3 is 17.9 Å². The lowest BCUT2D eigenvalue weighted by atomic mass is 9.98. The highest BCUT2D eigenvalue weighted by atomic mass is 16.4. The molecule has 0 bridgehead atoms. The highest BCUT2D eigenvalue weighted by Crippen LogP contribution is 2.37. The van der Waals surface area contributed by atoms with E-state index in [2.05, 4.69) is 73.3 Å². The summed E-state index contributed by atoms with van der Waals surface area (Å²) >= 11 is 0. The maximum absolute atomic E-state index is 13.9. The molecule has 9 atom stereocenters. The Morgan fingerprint density at radius 3 is 1.24 bits per heavy atom. The lowest BCUT2D eigenvalue weighted by molar-refractivity contribution is -0.142. The molecule has 1 aromatic heterocycles. The molecule has 0 unspecified atom stereocenters. The van der Waals surface area contributed by atoms with Gasteiger partial charge in [-0.1, -0.05) is 170 Å². The van der Waals surface area contributed by atoms with Gasteiger partial charge in [-0.15, -0.1) is 10.2 Å². The van der Waals surface area contributed by atoms with Gasteiger partial charge in [-0.3, -0.25) is 62.3 Å². The summed E-state index contributed by atoms with van der Waals surface area (Å²) in [5.41, 5.74) is 8.42. The molecule has 4 heterocycles. The van der Waals surface area contributed by atoms with Crippen LogP contribution in [0.3, 0.4) is 0 Å². The molecule has 9 amide bonds. The summed E-state index contributed by atoms with van der Waals surface area (Å²) in [7, 11) is 0. The third-order valence-electron chi connectivity index (χ3n) is 20.7. The summed E-state index contributed by atoms with van der Waals surface area (Å²) in [6.07, 6.45) is 4.30. The molecular weight excluding hydrogens is 1500 g/mol. The highest BCUT2D eigenvalue weighted by Gasteiger charge is 2.44. The van der Waals surface area contributed by atoms with Gasteiger partial charge in [0.2, 0.25) is 35.4 Å². The van der Waals surface area contributed by atoms with E-state index in [-0.39, 0.29) is 53.7 Å². The van der Waals surface area contributed by atoms with Gasteiger partial charge in [0.15, 0.2) is 5.78 Å². The molecule has 0 saturated carbocycles. The number of aliphatic carboxylic acids is 3. The maximum Gasteiger partial charge on any atom is 0.305 e. The van der Waals surface area contributed by atoms with Gasteiger partial charge in [0.05, 0.1) is 48.5 Å². The molecule has 4 aliphatic rings. The number of nitrogens with zero attached hydrogens (tertiary/aromatic N) is 5. The third-order valence-corrected chi connectivity index (χ3v) is 20.7. The highest BCUT2D eigenvalue weighted by molar-refractivity contribution is 6.22. The van der Waals surface area contributed by atoms with E-state index in [1.165, 1.54) is 26.3 Å². The Balaban J connectivity index is 0.000000200. The van der Waals surface area contributed by atoms with Crippen molar-refractivity contribution < 1.29 is 92.0 Å². The number of fused-ring (bicyclic) bond motifs is 4. The molecule has 614 valence electrons. The topological polar surface area (TPSA) is 441 Å². The third kappa shape index (κ3) is 22.1. The molecule has 30 heteroatoms. The molecule has 1 aliphatic carbocycles. The first-order valence-electron chi connectivity index (χ1n) is 39.0. The lowest BCUT2D eigenvalue weighted by Gasteiger charge is -2.31. The molecule has 0 spiro atoms. The van der Waals surface area contributed by atoms with E-state index in [4.69, 9.17) is 15.3 Å². The molecule has 3 fully saturated rings. The second-order valence-electron chi connectivity index (χ2n) is 30.2. The first-order chi connectivity index (χ1) is 56.0. The van der Waals surface area contributed by atoms with Crippen molar-refractivity contribution in [3.63, 3.8) is 0 Å². The zero-order valence-electron chi connectivity index (χ0n) is 66.0. The Morgan fingerprint density at radius 2 is 0.812 bits per heavy atom. The number of hydrogen-bond acceptors (Lipinski definition) is 18. The number of carboxylic acids is 3. The van der Waals surface area contributed by atoms with Crippen LogP contribution in [0.5, 0.6) is 0 Å². The van der Waals surface area contributed by atoms with Gasteiger partial charge in [0.1, 0.15) is 60.8 Å². The van der Waals surface area contributed by atoms with Crippen LogP contribution in [-0.4, -0.2) is 210 Å². The van der Waals surface area contributed by atoms with Gasteiger partial charge < -0.3 is 76.3 Å². The maximum atomic E-state index is 13.9. The number of ketones is 1. The Morgan fingerprint density at radius 1 is 0.427 bits per heavy atom. The van der Waals surface area contributed by atoms with Crippen LogP contribution >= 0.6 is 0 Å².